The number of hydrogen-bond donors (Lipinski definition) is 2. The number of imide groups is 2. The van der Waals surface area contributed by atoms with Gasteiger partial charge in [-0.1, -0.05) is 78.9 Å². The van der Waals surface area contributed by atoms with E-state index in [1.165, 1.54) is 11.6 Å². The van der Waals surface area contributed by atoms with Crippen LogP contribution in [-0.2, 0) is 14.4 Å². The zero-order valence-electron chi connectivity index (χ0n) is 30.3. The molecule has 4 aromatic rings. The van der Waals surface area contributed by atoms with Crippen LogP contribution in [0.4, 0.5) is 5.69 Å². The largest absolute Gasteiger partial charge is 0.492 e. The summed E-state index contributed by atoms with van der Waals surface area (Å²) in [6.45, 7) is 3.62. The second-order valence-electron chi connectivity index (χ2n) is 13.6. The van der Waals surface area contributed by atoms with Crippen molar-refractivity contribution >= 4 is 58.0 Å². The molecule has 11 nitrogen and oxygen atoms in total. The number of halogens is 1. The molecule has 5 amide bonds. The van der Waals surface area contributed by atoms with Gasteiger partial charge in [0.05, 0.1) is 17.7 Å². The highest BCUT2D eigenvalue weighted by Gasteiger charge is 2.45. The Morgan fingerprint density at radius 2 is 1.45 bits per heavy atom. The van der Waals surface area contributed by atoms with Crippen LogP contribution in [0.2, 0.25) is 0 Å². The number of anilines is 1. The molecule has 0 saturated carbocycles. The summed E-state index contributed by atoms with van der Waals surface area (Å²) in [5, 5.41) is 5.25. The number of piperazine rings is 1. The van der Waals surface area contributed by atoms with Gasteiger partial charge >= 0.3 is 0 Å². The Hall–Kier alpha value is -5.78. The number of alkyl halides is 1. The third-order valence-electron chi connectivity index (χ3n) is 10.3. The summed E-state index contributed by atoms with van der Waals surface area (Å²) in [6, 6.07) is 32.7. The maximum Gasteiger partial charge on any atom is 0.264 e. The first-order valence-corrected chi connectivity index (χ1v) is 19.1. The molecule has 3 aliphatic rings. The highest BCUT2D eigenvalue weighted by Crippen LogP contribution is 2.36. The Kier molecular flexibility index (Phi) is 11.7. The maximum atomic E-state index is 13.4. The van der Waals surface area contributed by atoms with Gasteiger partial charge in [0, 0.05) is 50.7 Å². The highest BCUT2D eigenvalue weighted by molar-refractivity contribution is 6.25. The van der Waals surface area contributed by atoms with Gasteiger partial charge in [0.25, 0.3) is 11.8 Å². The average molecular weight is 760 g/mol. The van der Waals surface area contributed by atoms with Crippen molar-refractivity contribution in [2.24, 2.45) is 0 Å². The van der Waals surface area contributed by atoms with E-state index in [1.807, 2.05) is 48.5 Å². The predicted octanol–water partition coefficient (Wildman–Crippen LogP) is 5.31. The Bertz CT molecular complexity index is 2100. The highest BCUT2D eigenvalue weighted by atomic mass is 35.5. The molecule has 2 saturated heterocycles. The minimum Gasteiger partial charge on any atom is -0.492 e. The van der Waals surface area contributed by atoms with Gasteiger partial charge in [-0.3, -0.25) is 39.1 Å². The molecule has 3 heterocycles. The van der Waals surface area contributed by atoms with Crippen molar-refractivity contribution in [3.63, 3.8) is 0 Å². The van der Waals surface area contributed by atoms with Gasteiger partial charge in [-0.15, -0.1) is 11.6 Å². The van der Waals surface area contributed by atoms with Crippen LogP contribution in [0, 0.1) is 0 Å². The first-order valence-electron chi connectivity index (χ1n) is 18.5. The summed E-state index contributed by atoms with van der Waals surface area (Å²) in [4.78, 5) is 68.8. The molecule has 2 N–H and O–H groups in total. The van der Waals surface area contributed by atoms with E-state index >= 15 is 0 Å². The first-order chi connectivity index (χ1) is 26.8. The topological polar surface area (TPSA) is 128 Å². The number of rotatable bonds is 13. The van der Waals surface area contributed by atoms with Crippen molar-refractivity contribution in [3.05, 3.63) is 131 Å². The maximum absolute atomic E-state index is 13.4. The molecule has 12 heteroatoms. The molecule has 1 unspecified atom stereocenters. The van der Waals surface area contributed by atoms with Crippen LogP contribution < -0.4 is 15.4 Å². The van der Waals surface area contributed by atoms with E-state index in [1.54, 1.807) is 17.0 Å². The molecule has 1 atom stereocenters. The van der Waals surface area contributed by atoms with Gasteiger partial charge < -0.3 is 15.0 Å². The Labute approximate surface area is 324 Å². The normalized spacial score (nSPS) is 17.8. The minimum absolute atomic E-state index is 0.0401. The number of amides is 5. The summed E-state index contributed by atoms with van der Waals surface area (Å²) in [6.07, 6.45) is 0.843. The van der Waals surface area contributed by atoms with Crippen LogP contribution in [0.5, 0.6) is 5.75 Å². The second kappa shape index (κ2) is 17.1. The van der Waals surface area contributed by atoms with Gasteiger partial charge in [-0.25, -0.2) is 0 Å². The standard InChI is InChI=1S/C43H42ClN5O6/c44-21-20-33(29-8-3-1-4-9-29)39(30-10-5-2-6-11-30)31-14-16-32(17-15-31)55-27-26-47-22-24-48(25-23-47)38(51)28-45-35-13-7-12-34-40(35)43(54)49(42(34)53)36-18-19-37(50)46-41(36)52/h1-17,36,45H,18-28H2,(H,46,50,52). The summed E-state index contributed by atoms with van der Waals surface area (Å²) in [5.41, 5.74) is 6.33. The van der Waals surface area contributed by atoms with E-state index in [4.69, 9.17) is 16.3 Å². The number of hydrogen-bond acceptors (Lipinski definition) is 8. The summed E-state index contributed by atoms with van der Waals surface area (Å²) < 4.78 is 6.15. The molecular formula is C43H42ClN5O6. The number of allylic oxidation sites excluding steroid dienone is 1. The molecule has 0 bridgehead atoms. The molecular weight excluding hydrogens is 718 g/mol. The fraction of sp³-hybridized carbons (Fsp3) is 0.279. The number of nitrogens with one attached hydrogen (secondary N) is 2. The number of nitrogens with zero attached hydrogens (tertiary/aromatic N) is 3. The monoisotopic (exact) mass is 759 g/mol. The number of carbonyl (C=O) groups is 5. The second-order valence-corrected chi connectivity index (χ2v) is 14.0. The molecule has 2 fully saturated rings. The third-order valence-corrected chi connectivity index (χ3v) is 10.5. The fourth-order valence-corrected chi connectivity index (χ4v) is 7.63. The van der Waals surface area contributed by atoms with Crippen molar-refractivity contribution in [1.29, 1.82) is 0 Å². The van der Waals surface area contributed by atoms with E-state index in [0.29, 0.717) is 50.9 Å². The van der Waals surface area contributed by atoms with Crippen LogP contribution >= 0.6 is 11.6 Å². The number of benzene rings is 4. The SMILES string of the molecule is O=C1CCC(N2C(=O)c3cccc(NCC(=O)N4CCN(CCOc5ccc(C(=C(CCCl)c6ccccc6)c6ccccc6)cc5)CC4)c3C2=O)C(=O)N1. The smallest absolute Gasteiger partial charge is 0.264 e. The van der Waals surface area contributed by atoms with Gasteiger partial charge in [0.1, 0.15) is 18.4 Å². The zero-order chi connectivity index (χ0) is 38.3. The average Bonchev–Trinajstić information content (AvgIpc) is 3.47. The van der Waals surface area contributed by atoms with Gasteiger partial charge in [-0.2, -0.15) is 0 Å². The number of fused-ring (bicyclic) bond motifs is 1. The van der Waals surface area contributed by atoms with E-state index in [-0.39, 0.29) is 36.4 Å². The van der Waals surface area contributed by atoms with Gasteiger partial charge in [-0.05, 0) is 64.9 Å². The third kappa shape index (κ3) is 8.33. The molecule has 55 heavy (non-hydrogen) atoms. The molecule has 3 aliphatic heterocycles. The fourth-order valence-electron chi connectivity index (χ4n) is 7.44. The predicted molar refractivity (Wildman–Crippen MR) is 211 cm³/mol. The van der Waals surface area contributed by atoms with Crippen LogP contribution in [-0.4, -0.2) is 102 Å². The van der Waals surface area contributed by atoms with Crippen molar-refractivity contribution in [2.45, 2.75) is 25.3 Å². The van der Waals surface area contributed by atoms with Crippen LogP contribution in [0.25, 0.3) is 11.1 Å². The van der Waals surface area contributed by atoms with Crippen molar-refractivity contribution in [2.75, 3.05) is 57.1 Å². The molecule has 0 spiro atoms. The summed E-state index contributed by atoms with van der Waals surface area (Å²) >= 11 is 6.31. The lowest BCUT2D eigenvalue weighted by molar-refractivity contribution is -0.136. The minimum atomic E-state index is -1.06. The van der Waals surface area contributed by atoms with Gasteiger partial charge in [0.2, 0.25) is 17.7 Å². The van der Waals surface area contributed by atoms with Crippen molar-refractivity contribution in [3.8, 4) is 5.75 Å². The molecule has 7 rings (SSSR count). The van der Waals surface area contributed by atoms with Crippen LogP contribution in [0.1, 0.15) is 56.7 Å². The lowest BCUT2D eigenvalue weighted by Crippen LogP contribution is -2.54. The quantitative estimate of drug-likeness (QED) is 0.107. The first kappa shape index (κ1) is 37.5. The van der Waals surface area contributed by atoms with E-state index in [2.05, 4.69) is 51.9 Å². The number of ether oxygens (including phenoxy) is 1. The van der Waals surface area contributed by atoms with Crippen molar-refractivity contribution in [1.82, 2.24) is 20.0 Å². The zero-order valence-corrected chi connectivity index (χ0v) is 31.1. The number of piperidine rings is 1. The summed E-state index contributed by atoms with van der Waals surface area (Å²) in [7, 11) is 0. The Morgan fingerprint density at radius 1 is 0.782 bits per heavy atom. The molecule has 4 aromatic carbocycles. The lowest BCUT2D eigenvalue weighted by Gasteiger charge is -2.34. The molecule has 282 valence electrons. The van der Waals surface area contributed by atoms with E-state index in [0.717, 1.165) is 39.3 Å². The lowest BCUT2D eigenvalue weighted by atomic mass is 9.88. The molecule has 0 aliphatic carbocycles. The van der Waals surface area contributed by atoms with Crippen LogP contribution in [0.3, 0.4) is 0 Å². The molecule has 0 aromatic heterocycles. The Balaban J connectivity index is 0.905. The Morgan fingerprint density at radius 3 is 2.13 bits per heavy atom. The van der Waals surface area contributed by atoms with E-state index < -0.39 is 29.7 Å². The number of carbonyl (C=O) groups excluding carboxylic acids is 5. The van der Waals surface area contributed by atoms with Gasteiger partial charge in [0.15, 0.2) is 0 Å². The van der Waals surface area contributed by atoms with Crippen molar-refractivity contribution < 1.29 is 28.7 Å². The summed E-state index contributed by atoms with van der Waals surface area (Å²) in [5.74, 6) is -1.15. The van der Waals surface area contributed by atoms with E-state index in [9.17, 15) is 24.0 Å². The van der Waals surface area contributed by atoms with Crippen LogP contribution in [0.15, 0.2) is 103 Å². The molecule has 0 radical (unpaired) electrons.